The molecule has 1 N–H and O–H groups in total. The first kappa shape index (κ1) is 16.3. The highest BCUT2D eigenvalue weighted by Crippen LogP contribution is 2.22. The first-order chi connectivity index (χ1) is 8.81. The molecule has 0 aromatic carbocycles. The molecule has 0 aliphatic rings. The number of likely N-dealkylation sites (N-methyl/N-ethyl adjacent to an activating group) is 1. The van der Waals surface area contributed by atoms with Crippen molar-refractivity contribution in [2.24, 2.45) is 0 Å². The molecular weight excluding hydrogens is 301 g/mol. The van der Waals surface area contributed by atoms with Crippen molar-refractivity contribution in [3.05, 3.63) is 21.3 Å². The van der Waals surface area contributed by atoms with E-state index in [4.69, 9.17) is 11.6 Å². The smallest absolute Gasteiger partial charge is 0.337 e. The predicted molar refractivity (Wildman–Crippen MR) is 69.3 cm³/mol. The Kier molecular flexibility index (Phi) is 6.09. The van der Waals surface area contributed by atoms with Gasteiger partial charge in [-0.2, -0.15) is 13.2 Å². The molecule has 108 valence electrons. The van der Waals surface area contributed by atoms with Crippen LogP contribution in [0.3, 0.4) is 0 Å². The van der Waals surface area contributed by atoms with Gasteiger partial charge >= 0.3 is 6.18 Å². The van der Waals surface area contributed by atoms with Gasteiger partial charge in [0.05, 0.1) is 24.0 Å². The summed E-state index contributed by atoms with van der Waals surface area (Å²) in [5, 5.41) is 2.09. The maximum atomic E-state index is 11.9. The summed E-state index contributed by atoms with van der Waals surface area (Å²) in [5.74, 6) is -0.365. The maximum Gasteiger partial charge on any atom is 0.401 e. The van der Waals surface area contributed by atoms with Crippen molar-refractivity contribution < 1.29 is 18.0 Å². The minimum Gasteiger partial charge on any atom is -0.337 e. The number of hydrogen-bond donors (Lipinski definition) is 1. The van der Waals surface area contributed by atoms with Crippen LogP contribution in [-0.4, -0.2) is 36.6 Å². The van der Waals surface area contributed by atoms with E-state index >= 15 is 0 Å². The Bertz CT molecular complexity index is 422. The van der Waals surface area contributed by atoms with E-state index < -0.39 is 12.7 Å². The minimum absolute atomic E-state index is 0.327. The van der Waals surface area contributed by atoms with Crippen molar-refractivity contribution >= 4 is 28.8 Å². The molecule has 8 heteroatoms. The SMILES string of the molecule is CCN(Cc1ccc(Cl)s1)C(=O)CNCC(F)(F)F. The molecule has 0 aliphatic carbocycles. The largest absolute Gasteiger partial charge is 0.401 e. The molecule has 0 bridgehead atoms. The number of hydrogen-bond acceptors (Lipinski definition) is 3. The highest BCUT2D eigenvalue weighted by atomic mass is 35.5. The van der Waals surface area contributed by atoms with Gasteiger partial charge in [-0.25, -0.2) is 0 Å². The standard InChI is InChI=1S/C11H14ClF3N2OS/c1-2-17(6-8-3-4-9(12)19-8)10(18)5-16-7-11(13,14)15/h3-4,16H,2,5-7H2,1H3. The van der Waals surface area contributed by atoms with Crippen LogP contribution in [0.4, 0.5) is 13.2 Å². The van der Waals surface area contributed by atoms with E-state index in [1.807, 2.05) is 0 Å². The van der Waals surface area contributed by atoms with Crippen molar-refractivity contribution in [3.63, 3.8) is 0 Å². The van der Waals surface area contributed by atoms with Crippen molar-refractivity contribution in [2.45, 2.75) is 19.6 Å². The molecule has 0 radical (unpaired) electrons. The molecule has 0 saturated heterocycles. The number of thiophene rings is 1. The molecule has 1 aromatic heterocycles. The molecule has 0 aliphatic heterocycles. The second kappa shape index (κ2) is 7.12. The quantitative estimate of drug-likeness (QED) is 0.875. The zero-order chi connectivity index (χ0) is 14.5. The van der Waals surface area contributed by atoms with E-state index in [0.29, 0.717) is 17.4 Å². The summed E-state index contributed by atoms with van der Waals surface area (Å²) in [6, 6.07) is 3.52. The van der Waals surface area contributed by atoms with Gasteiger partial charge < -0.3 is 10.2 Å². The topological polar surface area (TPSA) is 32.3 Å². The number of carbonyl (C=O) groups is 1. The monoisotopic (exact) mass is 314 g/mol. The first-order valence-electron chi connectivity index (χ1n) is 5.61. The molecule has 1 aromatic rings. The minimum atomic E-state index is -4.31. The molecule has 0 spiro atoms. The van der Waals surface area contributed by atoms with Crippen molar-refractivity contribution in [1.29, 1.82) is 0 Å². The number of alkyl halides is 3. The van der Waals surface area contributed by atoms with Crippen LogP contribution in [0.2, 0.25) is 4.34 Å². The average Bonchev–Trinajstić information content (AvgIpc) is 2.69. The summed E-state index contributed by atoms with van der Waals surface area (Å²) in [6.45, 7) is 1.08. The van der Waals surface area contributed by atoms with Crippen molar-refractivity contribution in [1.82, 2.24) is 10.2 Å². The zero-order valence-electron chi connectivity index (χ0n) is 10.3. The Morgan fingerprint density at radius 3 is 2.63 bits per heavy atom. The Labute approximate surface area is 118 Å². The highest BCUT2D eigenvalue weighted by molar-refractivity contribution is 7.16. The van der Waals surface area contributed by atoms with Gasteiger partial charge in [0.1, 0.15) is 0 Å². The van der Waals surface area contributed by atoms with Crippen LogP contribution >= 0.6 is 22.9 Å². The highest BCUT2D eigenvalue weighted by Gasteiger charge is 2.27. The van der Waals surface area contributed by atoms with Crippen LogP contribution in [0.5, 0.6) is 0 Å². The average molecular weight is 315 g/mol. The van der Waals surface area contributed by atoms with Gasteiger partial charge in [0, 0.05) is 11.4 Å². The van der Waals surface area contributed by atoms with Crippen LogP contribution in [0.25, 0.3) is 0 Å². The van der Waals surface area contributed by atoms with E-state index in [-0.39, 0.29) is 12.5 Å². The van der Waals surface area contributed by atoms with Gasteiger partial charge in [-0.05, 0) is 19.1 Å². The van der Waals surface area contributed by atoms with E-state index in [2.05, 4.69) is 5.32 Å². The summed E-state index contributed by atoms with van der Waals surface area (Å²) < 4.78 is 36.4. The molecule has 1 amide bonds. The Morgan fingerprint density at radius 2 is 2.16 bits per heavy atom. The molecule has 1 rings (SSSR count). The number of nitrogens with zero attached hydrogens (tertiary/aromatic N) is 1. The lowest BCUT2D eigenvalue weighted by Crippen LogP contribution is -2.40. The van der Waals surface area contributed by atoms with Crippen LogP contribution in [0.1, 0.15) is 11.8 Å². The summed E-state index contributed by atoms with van der Waals surface area (Å²) in [6.07, 6.45) is -4.31. The maximum absolute atomic E-state index is 11.9. The second-order valence-electron chi connectivity index (χ2n) is 3.83. The molecule has 0 unspecified atom stereocenters. The number of halogens is 4. The fraction of sp³-hybridized carbons (Fsp3) is 0.545. The van der Waals surface area contributed by atoms with Crippen LogP contribution in [0.15, 0.2) is 12.1 Å². The van der Waals surface area contributed by atoms with E-state index in [9.17, 15) is 18.0 Å². The van der Waals surface area contributed by atoms with E-state index in [1.54, 1.807) is 19.1 Å². The molecule has 3 nitrogen and oxygen atoms in total. The molecule has 19 heavy (non-hydrogen) atoms. The summed E-state index contributed by atoms with van der Waals surface area (Å²) in [7, 11) is 0. The number of nitrogens with one attached hydrogen (secondary N) is 1. The number of rotatable bonds is 6. The van der Waals surface area contributed by atoms with Crippen LogP contribution in [-0.2, 0) is 11.3 Å². The van der Waals surface area contributed by atoms with Gasteiger partial charge in [0.15, 0.2) is 0 Å². The van der Waals surface area contributed by atoms with E-state index in [1.165, 1.54) is 16.2 Å². The third kappa shape index (κ3) is 6.26. The van der Waals surface area contributed by atoms with Gasteiger partial charge in [-0.3, -0.25) is 4.79 Å². The Balaban J connectivity index is 2.43. The normalized spacial score (nSPS) is 11.6. The fourth-order valence-corrected chi connectivity index (χ4v) is 2.53. The predicted octanol–water partition coefficient (Wildman–Crippen LogP) is 2.90. The van der Waals surface area contributed by atoms with Gasteiger partial charge in [-0.15, -0.1) is 11.3 Å². The third-order valence-electron chi connectivity index (χ3n) is 2.31. The molecule has 0 saturated carbocycles. The molecule has 1 heterocycles. The van der Waals surface area contributed by atoms with Gasteiger partial charge in [-0.1, -0.05) is 11.6 Å². The lowest BCUT2D eigenvalue weighted by Gasteiger charge is -2.20. The molecule has 0 fully saturated rings. The van der Waals surface area contributed by atoms with Gasteiger partial charge in [0.25, 0.3) is 0 Å². The number of amides is 1. The summed E-state index contributed by atoms with van der Waals surface area (Å²) >= 11 is 7.13. The zero-order valence-corrected chi connectivity index (χ0v) is 11.8. The second-order valence-corrected chi connectivity index (χ2v) is 5.63. The van der Waals surface area contributed by atoms with E-state index in [0.717, 1.165) is 4.88 Å². The van der Waals surface area contributed by atoms with Gasteiger partial charge in [0.2, 0.25) is 5.91 Å². The van der Waals surface area contributed by atoms with Crippen molar-refractivity contribution in [2.75, 3.05) is 19.6 Å². The Morgan fingerprint density at radius 1 is 1.47 bits per heavy atom. The summed E-state index contributed by atoms with van der Waals surface area (Å²) in [5.41, 5.74) is 0. The Hall–Kier alpha value is -0.790. The lowest BCUT2D eigenvalue weighted by molar-refractivity contribution is -0.134. The third-order valence-corrected chi connectivity index (χ3v) is 3.53. The first-order valence-corrected chi connectivity index (χ1v) is 6.80. The van der Waals surface area contributed by atoms with Crippen molar-refractivity contribution in [3.8, 4) is 0 Å². The van der Waals surface area contributed by atoms with Crippen LogP contribution in [0, 0.1) is 0 Å². The number of carbonyl (C=O) groups excluding carboxylic acids is 1. The molecule has 0 atom stereocenters. The summed E-state index contributed by atoms with van der Waals surface area (Å²) in [4.78, 5) is 14.1. The molecular formula is C11H14ClF3N2OS. The lowest BCUT2D eigenvalue weighted by atomic mass is 10.4. The van der Waals surface area contributed by atoms with Crippen LogP contribution < -0.4 is 5.32 Å². The fourth-order valence-electron chi connectivity index (χ4n) is 1.42.